The first kappa shape index (κ1) is 13.3. The minimum absolute atomic E-state index is 0.0165. The molecule has 5 nitrogen and oxygen atoms in total. The van der Waals surface area contributed by atoms with E-state index in [4.69, 9.17) is 0 Å². The van der Waals surface area contributed by atoms with Crippen molar-refractivity contribution in [3.05, 3.63) is 53.9 Å². The van der Waals surface area contributed by atoms with Crippen molar-refractivity contribution < 1.29 is 4.79 Å². The highest BCUT2D eigenvalue weighted by Gasteiger charge is 2.17. The molecule has 100 valence electrons. The summed E-state index contributed by atoms with van der Waals surface area (Å²) in [6, 6.07) is 9.36. The van der Waals surface area contributed by atoms with Gasteiger partial charge in [0, 0.05) is 12.7 Å². The Bertz CT molecular complexity index is 495. The summed E-state index contributed by atoms with van der Waals surface area (Å²) in [6.45, 7) is 0.601. The molecule has 0 unspecified atom stereocenters. The zero-order valence-corrected chi connectivity index (χ0v) is 10.9. The minimum Gasteiger partial charge on any atom is -0.354 e. The predicted molar refractivity (Wildman–Crippen MR) is 73.5 cm³/mol. The third kappa shape index (κ3) is 3.66. The molecule has 0 saturated heterocycles. The van der Waals surface area contributed by atoms with Crippen LogP contribution in [-0.4, -0.2) is 29.7 Å². The van der Waals surface area contributed by atoms with Crippen molar-refractivity contribution in [2.45, 2.75) is 12.5 Å². The second-order valence-corrected chi connectivity index (χ2v) is 4.28. The number of aromatic amines is 1. The molecule has 1 aromatic heterocycles. The Morgan fingerprint density at radius 3 is 2.79 bits per heavy atom. The van der Waals surface area contributed by atoms with Gasteiger partial charge in [0.2, 0.25) is 5.91 Å². The Morgan fingerprint density at radius 2 is 2.16 bits per heavy atom. The highest BCUT2D eigenvalue weighted by molar-refractivity contribution is 5.83. The SMILES string of the molecule is CN[C@@H](C(=O)NCCc1cn[nH]c1)c1ccccc1. The number of carbonyl (C=O) groups is 1. The Morgan fingerprint density at radius 1 is 1.37 bits per heavy atom. The maximum absolute atomic E-state index is 12.1. The van der Waals surface area contributed by atoms with Gasteiger partial charge in [-0.2, -0.15) is 5.10 Å². The van der Waals surface area contributed by atoms with Crippen LogP contribution in [0.25, 0.3) is 0 Å². The van der Waals surface area contributed by atoms with Gasteiger partial charge in [0.25, 0.3) is 0 Å². The molecule has 0 spiro atoms. The third-order valence-electron chi connectivity index (χ3n) is 2.95. The summed E-state index contributed by atoms with van der Waals surface area (Å²) < 4.78 is 0. The predicted octanol–water partition coefficient (Wildman–Crippen LogP) is 1.03. The molecule has 5 heteroatoms. The smallest absolute Gasteiger partial charge is 0.241 e. The van der Waals surface area contributed by atoms with E-state index in [-0.39, 0.29) is 11.9 Å². The number of amides is 1. The van der Waals surface area contributed by atoms with Gasteiger partial charge in [-0.15, -0.1) is 0 Å². The van der Waals surface area contributed by atoms with Crippen molar-refractivity contribution >= 4 is 5.91 Å². The van der Waals surface area contributed by atoms with Gasteiger partial charge in [-0.05, 0) is 24.6 Å². The molecule has 1 atom stereocenters. The third-order valence-corrected chi connectivity index (χ3v) is 2.95. The number of hydrogen-bond acceptors (Lipinski definition) is 3. The molecule has 0 aliphatic heterocycles. The standard InChI is InChI=1S/C14H18N4O/c1-15-13(12-5-3-2-4-6-12)14(19)16-8-7-11-9-17-18-10-11/h2-6,9-10,13,15H,7-8H2,1H3,(H,16,19)(H,17,18)/t13-/m1/s1. The highest BCUT2D eigenvalue weighted by Crippen LogP contribution is 2.11. The number of nitrogens with one attached hydrogen (secondary N) is 3. The van der Waals surface area contributed by atoms with E-state index in [1.807, 2.05) is 36.5 Å². The molecule has 2 rings (SSSR count). The number of carbonyl (C=O) groups excluding carboxylic acids is 1. The van der Waals surface area contributed by atoms with Crippen molar-refractivity contribution in [2.24, 2.45) is 0 Å². The average Bonchev–Trinajstić information content (AvgIpc) is 2.94. The van der Waals surface area contributed by atoms with Crippen molar-refractivity contribution in [2.75, 3.05) is 13.6 Å². The lowest BCUT2D eigenvalue weighted by molar-refractivity contribution is -0.123. The molecule has 0 saturated carbocycles. The van der Waals surface area contributed by atoms with E-state index >= 15 is 0 Å². The zero-order chi connectivity index (χ0) is 13.5. The number of hydrogen-bond donors (Lipinski definition) is 3. The lowest BCUT2D eigenvalue weighted by atomic mass is 10.1. The molecule has 2 aromatic rings. The molecule has 1 heterocycles. The maximum atomic E-state index is 12.1. The van der Waals surface area contributed by atoms with E-state index in [9.17, 15) is 4.79 Å². The van der Waals surface area contributed by atoms with Crippen LogP contribution in [0.15, 0.2) is 42.7 Å². The van der Waals surface area contributed by atoms with E-state index in [1.165, 1.54) is 0 Å². The fourth-order valence-corrected chi connectivity index (χ4v) is 1.94. The number of benzene rings is 1. The molecule has 3 N–H and O–H groups in total. The average molecular weight is 258 g/mol. The second-order valence-electron chi connectivity index (χ2n) is 4.28. The molecule has 0 aliphatic carbocycles. The summed E-state index contributed by atoms with van der Waals surface area (Å²) in [4.78, 5) is 12.1. The summed E-state index contributed by atoms with van der Waals surface area (Å²) in [5.74, 6) is -0.0165. The Hall–Kier alpha value is -2.14. The first-order valence-electron chi connectivity index (χ1n) is 6.29. The number of H-pyrrole nitrogens is 1. The van der Waals surface area contributed by atoms with Gasteiger partial charge in [-0.25, -0.2) is 0 Å². The fraction of sp³-hybridized carbons (Fsp3) is 0.286. The maximum Gasteiger partial charge on any atom is 0.241 e. The van der Waals surface area contributed by atoms with Crippen molar-refractivity contribution in [1.82, 2.24) is 20.8 Å². The quantitative estimate of drug-likeness (QED) is 0.725. The minimum atomic E-state index is -0.314. The van der Waals surface area contributed by atoms with Crippen LogP contribution in [0.2, 0.25) is 0 Å². The second kappa shape index (κ2) is 6.70. The number of aromatic nitrogens is 2. The Kier molecular flexibility index (Phi) is 4.69. The van der Waals surface area contributed by atoms with Gasteiger partial charge >= 0.3 is 0 Å². The molecule has 1 amide bonds. The van der Waals surface area contributed by atoms with E-state index in [0.717, 1.165) is 17.5 Å². The summed E-state index contributed by atoms with van der Waals surface area (Å²) in [5, 5.41) is 12.6. The number of likely N-dealkylation sites (N-methyl/N-ethyl adjacent to an activating group) is 1. The summed E-state index contributed by atoms with van der Waals surface area (Å²) in [5.41, 5.74) is 2.05. The molecule has 0 aliphatic rings. The summed E-state index contributed by atoms with van der Waals surface area (Å²) >= 11 is 0. The van der Waals surface area contributed by atoms with Crippen LogP contribution in [0.1, 0.15) is 17.2 Å². The van der Waals surface area contributed by atoms with Crippen LogP contribution in [0.3, 0.4) is 0 Å². The van der Waals surface area contributed by atoms with Gasteiger partial charge < -0.3 is 10.6 Å². The van der Waals surface area contributed by atoms with Gasteiger partial charge in [0.05, 0.1) is 6.20 Å². The molecule has 1 aromatic carbocycles. The van der Waals surface area contributed by atoms with Gasteiger partial charge in [-0.1, -0.05) is 30.3 Å². The summed E-state index contributed by atoms with van der Waals surface area (Å²) in [7, 11) is 1.79. The molecule has 0 fully saturated rings. The number of rotatable bonds is 6. The zero-order valence-electron chi connectivity index (χ0n) is 10.9. The van der Waals surface area contributed by atoms with Crippen molar-refractivity contribution in [3.63, 3.8) is 0 Å². The lowest BCUT2D eigenvalue weighted by Crippen LogP contribution is -2.36. The normalized spacial score (nSPS) is 12.1. The van der Waals surface area contributed by atoms with Crippen LogP contribution in [-0.2, 0) is 11.2 Å². The van der Waals surface area contributed by atoms with Gasteiger partial charge in [0.1, 0.15) is 6.04 Å². The largest absolute Gasteiger partial charge is 0.354 e. The topological polar surface area (TPSA) is 69.8 Å². The van der Waals surface area contributed by atoms with Crippen LogP contribution >= 0.6 is 0 Å². The summed E-state index contributed by atoms with van der Waals surface area (Å²) in [6.07, 6.45) is 4.37. The van der Waals surface area contributed by atoms with E-state index in [0.29, 0.717) is 6.54 Å². The molecular weight excluding hydrogens is 240 g/mol. The Balaban J connectivity index is 1.87. The first-order valence-corrected chi connectivity index (χ1v) is 6.29. The van der Waals surface area contributed by atoms with Crippen molar-refractivity contribution in [3.8, 4) is 0 Å². The van der Waals surface area contributed by atoms with Gasteiger partial charge in [-0.3, -0.25) is 9.89 Å². The van der Waals surface area contributed by atoms with E-state index in [2.05, 4.69) is 20.8 Å². The van der Waals surface area contributed by atoms with Crippen LogP contribution in [0.4, 0.5) is 0 Å². The Labute approximate surface area is 112 Å². The highest BCUT2D eigenvalue weighted by atomic mass is 16.2. The molecular formula is C14H18N4O. The van der Waals surface area contributed by atoms with Crippen LogP contribution < -0.4 is 10.6 Å². The van der Waals surface area contributed by atoms with Crippen LogP contribution in [0, 0.1) is 0 Å². The first-order chi connectivity index (χ1) is 9.31. The van der Waals surface area contributed by atoms with E-state index in [1.54, 1.807) is 13.2 Å². The fourth-order valence-electron chi connectivity index (χ4n) is 1.94. The molecule has 0 radical (unpaired) electrons. The number of nitrogens with zero attached hydrogens (tertiary/aromatic N) is 1. The molecule has 19 heavy (non-hydrogen) atoms. The monoisotopic (exact) mass is 258 g/mol. The van der Waals surface area contributed by atoms with Crippen LogP contribution in [0.5, 0.6) is 0 Å². The lowest BCUT2D eigenvalue weighted by Gasteiger charge is -2.16. The molecule has 0 bridgehead atoms. The van der Waals surface area contributed by atoms with Crippen molar-refractivity contribution in [1.29, 1.82) is 0 Å². The van der Waals surface area contributed by atoms with Gasteiger partial charge in [0.15, 0.2) is 0 Å². The van der Waals surface area contributed by atoms with E-state index < -0.39 is 0 Å².